The van der Waals surface area contributed by atoms with Crippen molar-refractivity contribution in [1.29, 1.82) is 0 Å². The smallest absolute Gasteiger partial charge is 0.253 e. The maximum Gasteiger partial charge on any atom is 0.253 e. The van der Waals surface area contributed by atoms with E-state index < -0.39 is 12.1 Å². The Morgan fingerprint density at radius 3 is 2.39 bits per heavy atom. The molecule has 234 valence electrons. The van der Waals surface area contributed by atoms with Gasteiger partial charge in [0.25, 0.3) is 5.91 Å². The molecule has 3 aromatic rings. The van der Waals surface area contributed by atoms with Gasteiger partial charge in [0.05, 0.1) is 6.04 Å². The summed E-state index contributed by atoms with van der Waals surface area (Å²) in [6.07, 6.45) is 1.33. The van der Waals surface area contributed by atoms with Crippen LogP contribution in [0.5, 0.6) is 0 Å². The SMILES string of the molecule is Cc1nc2n(n1)CC(=O)NCCCN(C(=O)c1ccc(Cl)cc1)CCCC(=O)N[C@H](Cc1ccccc1)C(=O)N[C@H]2C(C)C. The first-order valence-corrected chi connectivity index (χ1v) is 15.3. The van der Waals surface area contributed by atoms with E-state index in [4.69, 9.17) is 11.6 Å². The molecule has 4 amide bonds. The molecular weight excluding hydrogens is 582 g/mol. The minimum absolute atomic E-state index is 0.0765. The van der Waals surface area contributed by atoms with Crippen molar-refractivity contribution in [2.45, 2.75) is 65.1 Å². The Bertz CT molecular complexity index is 1440. The number of aryl methyl sites for hydroxylation is 1. The summed E-state index contributed by atoms with van der Waals surface area (Å²) in [4.78, 5) is 59.4. The highest BCUT2D eigenvalue weighted by Gasteiger charge is 2.30. The summed E-state index contributed by atoms with van der Waals surface area (Å²) in [6, 6.07) is 14.7. The number of nitrogens with one attached hydrogen (secondary N) is 3. The predicted molar refractivity (Wildman–Crippen MR) is 167 cm³/mol. The van der Waals surface area contributed by atoms with Crippen LogP contribution in [0.15, 0.2) is 54.6 Å². The average Bonchev–Trinajstić information content (AvgIpc) is 3.35. The zero-order valence-electron chi connectivity index (χ0n) is 25.4. The molecule has 2 aromatic carbocycles. The van der Waals surface area contributed by atoms with Crippen molar-refractivity contribution in [3.05, 3.63) is 82.4 Å². The van der Waals surface area contributed by atoms with Crippen LogP contribution >= 0.6 is 11.6 Å². The fourth-order valence-corrected chi connectivity index (χ4v) is 5.26. The summed E-state index contributed by atoms with van der Waals surface area (Å²) in [5.41, 5.74) is 1.38. The number of halogens is 1. The van der Waals surface area contributed by atoms with Gasteiger partial charge in [-0.3, -0.25) is 19.2 Å². The van der Waals surface area contributed by atoms with Gasteiger partial charge in [-0.25, -0.2) is 9.67 Å². The van der Waals surface area contributed by atoms with Gasteiger partial charge in [0.15, 0.2) is 5.82 Å². The lowest BCUT2D eigenvalue weighted by Gasteiger charge is -2.26. The van der Waals surface area contributed by atoms with Crippen LogP contribution in [0.1, 0.15) is 66.7 Å². The highest BCUT2D eigenvalue weighted by atomic mass is 35.5. The fourth-order valence-electron chi connectivity index (χ4n) is 5.14. The molecule has 1 aliphatic rings. The van der Waals surface area contributed by atoms with Crippen molar-refractivity contribution in [2.24, 2.45) is 5.92 Å². The second kappa shape index (κ2) is 15.5. The van der Waals surface area contributed by atoms with Gasteiger partial charge in [-0.2, -0.15) is 5.10 Å². The van der Waals surface area contributed by atoms with E-state index in [1.807, 2.05) is 44.2 Å². The fraction of sp³-hybridized carbons (Fsp3) is 0.438. The van der Waals surface area contributed by atoms with E-state index in [0.29, 0.717) is 61.1 Å². The number of hydrogen-bond donors (Lipinski definition) is 3. The van der Waals surface area contributed by atoms with Gasteiger partial charge >= 0.3 is 0 Å². The van der Waals surface area contributed by atoms with Gasteiger partial charge < -0.3 is 20.9 Å². The molecular formula is C32H40ClN7O4. The number of carbonyl (C=O) groups is 4. The van der Waals surface area contributed by atoms with Gasteiger partial charge in [0, 0.05) is 43.1 Å². The number of benzene rings is 2. The van der Waals surface area contributed by atoms with Crippen LogP contribution in [-0.2, 0) is 27.3 Å². The van der Waals surface area contributed by atoms with E-state index in [1.54, 1.807) is 36.1 Å². The standard InChI is InChI=1S/C32H40ClN7O4/c1-21(2)29-30-35-22(3)38-40(30)20-28(42)34-16-8-18-39(32(44)24-12-14-25(33)15-13-24)17-7-11-27(41)36-26(31(43)37-29)19-23-9-5-4-6-10-23/h4-6,9-10,12-15,21,26,29H,7-8,11,16-20H2,1-3H3,(H,34,42)(H,36,41)(H,37,43)/t26-,29+/m1/s1. The lowest BCUT2D eigenvalue weighted by atomic mass is 10.0. The molecule has 2 atom stereocenters. The first kappa shape index (κ1) is 32.7. The lowest BCUT2D eigenvalue weighted by Crippen LogP contribution is -2.50. The molecule has 12 heteroatoms. The Labute approximate surface area is 262 Å². The molecule has 0 radical (unpaired) electrons. The Kier molecular flexibility index (Phi) is 11.5. The Morgan fingerprint density at radius 1 is 0.977 bits per heavy atom. The molecule has 0 spiro atoms. The van der Waals surface area contributed by atoms with Gasteiger partial charge in [-0.05, 0) is 55.5 Å². The molecule has 0 fully saturated rings. The molecule has 4 rings (SSSR count). The minimum Gasteiger partial charge on any atom is -0.354 e. The van der Waals surface area contributed by atoms with Gasteiger partial charge in [-0.1, -0.05) is 55.8 Å². The van der Waals surface area contributed by atoms with Crippen molar-refractivity contribution >= 4 is 35.2 Å². The van der Waals surface area contributed by atoms with E-state index >= 15 is 0 Å². The number of carbonyl (C=O) groups excluding carboxylic acids is 4. The maximum absolute atomic E-state index is 13.8. The van der Waals surface area contributed by atoms with Crippen LogP contribution in [0.4, 0.5) is 0 Å². The number of hydrogen-bond acceptors (Lipinski definition) is 6. The van der Waals surface area contributed by atoms with Crippen molar-refractivity contribution in [1.82, 2.24) is 35.6 Å². The van der Waals surface area contributed by atoms with Crippen LogP contribution < -0.4 is 16.0 Å². The number of fused-ring (bicyclic) bond motifs is 1. The number of rotatable bonds is 4. The van der Waals surface area contributed by atoms with Crippen molar-refractivity contribution < 1.29 is 19.2 Å². The molecule has 0 aliphatic carbocycles. The summed E-state index contributed by atoms with van der Waals surface area (Å²) >= 11 is 6.01. The summed E-state index contributed by atoms with van der Waals surface area (Å²) < 4.78 is 1.51. The van der Waals surface area contributed by atoms with E-state index in [9.17, 15) is 19.2 Å². The van der Waals surface area contributed by atoms with Gasteiger partial charge in [0.1, 0.15) is 18.4 Å². The van der Waals surface area contributed by atoms with Crippen LogP contribution in [0.3, 0.4) is 0 Å². The molecule has 2 heterocycles. The molecule has 0 unspecified atom stereocenters. The molecule has 0 saturated carbocycles. The topological polar surface area (TPSA) is 138 Å². The average molecular weight is 622 g/mol. The third-order valence-electron chi connectivity index (χ3n) is 7.41. The molecule has 11 nitrogen and oxygen atoms in total. The number of nitrogens with zero attached hydrogens (tertiary/aromatic N) is 4. The van der Waals surface area contributed by atoms with Crippen LogP contribution in [-0.4, -0.2) is 69.0 Å². The minimum atomic E-state index is -0.849. The highest BCUT2D eigenvalue weighted by molar-refractivity contribution is 6.30. The zero-order chi connectivity index (χ0) is 31.6. The summed E-state index contributed by atoms with van der Waals surface area (Å²) in [6.45, 7) is 6.61. The second-order valence-corrected chi connectivity index (χ2v) is 11.8. The predicted octanol–water partition coefficient (Wildman–Crippen LogP) is 3.22. The largest absolute Gasteiger partial charge is 0.354 e. The zero-order valence-corrected chi connectivity index (χ0v) is 26.1. The second-order valence-electron chi connectivity index (χ2n) is 11.3. The molecule has 0 saturated heterocycles. The van der Waals surface area contributed by atoms with Crippen molar-refractivity contribution in [3.63, 3.8) is 0 Å². The van der Waals surface area contributed by atoms with Crippen molar-refractivity contribution in [2.75, 3.05) is 19.6 Å². The summed E-state index contributed by atoms with van der Waals surface area (Å²) in [5, 5.41) is 13.8. The monoisotopic (exact) mass is 621 g/mol. The number of aromatic nitrogens is 3. The molecule has 0 bridgehead atoms. The molecule has 1 aromatic heterocycles. The first-order chi connectivity index (χ1) is 21.1. The third kappa shape index (κ3) is 9.12. The van der Waals surface area contributed by atoms with Crippen LogP contribution in [0.2, 0.25) is 5.02 Å². The molecule has 44 heavy (non-hydrogen) atoms. The Hall–Kier alpha value is -4.25. The first-order valence-electron chi connectivity index (χ1n) is 15.0. The van der Waals surface area contributed by atoms with Gasteiger partial charge in [0.2, 0.25) is 17.7 Å². The molecule has 3 N–H and O–H groups in total. The normalized spacial score (nSPS) is 19.3. The van der Waals surface area contributed by atoms with E-state index in [-0.39, 0.29) is 42.5 Å². The van der Waals surface area contributed by atoms with E-state index in [2.05, 4.69) is 26.0 Å². The summed E-state index contributed by atoms with van der Waals surface area (Å²) in [5.74, 6) is -0.225. The maximum atomic E-state index is 13.8. The van der Waals surface area contributed by atoms with E-state index in [1.165, 1.54) is 4.68 Å². The van der Waals surface area contributed by atoms with Crippen molar-refractivity contribution in [3.8, 4) is 0 Å². The lowest BCUT2D eigenvalue weighted by molar-refractivity contribution is -0.129. The Morgan fingerprint density at radius 2 is 1.68 bits per heavy atom. The van der Waals surface area contributed by atoms with Crippen LogP contribution in [0, 0.1) is 12.8 Å². The highest BCUT2D eigenvalue weighted by Crippen LogP contribution is 2.21. The third-order valence-corrected chi connectivity index (χ3v) is 7.67. The number of amides is 4. The summed E-state index contributed by atoms with van der Waals surface area (Å²) in [7, 11) is 0. The Balaban J connectivity index is 1.60. The quantitative estimate of drug-likeness (QED) is 0.409. The van der Waals surface area contributed by atoms with E-state index in [0.717, 1.165) is 5.56 Å². The van der Waals surface area contributed by atoms with Gasteiger partial charge in [-0.15, -0.1) is 0 Å². The van der Waals surface area contributed by atoms with Crippen LogP contribution in [0.25, 0.3) is 0 Å². The molecule has 1 aliphatic heterocycles.